The summed E-state index contributed by atoms with van der Waals surface area (Å²) in [6.45, 7) is 2.88. The summed E-state index contributed by atoms with van der Waals surface area (Å²) in [7, 11) is 0. The molecule has 5 rings (SSSR count). The van der Waals surface area contributed by atoms with E-state index in [9.17, 15) is 4.39 Å². The molecule has 28 heavy (non-hydrogen) atoms. The van der Waals surface area contributed by atoms with Crippen molar-refractivity contribution in [2.75, 3.05) is 0 Å². The maximum Gasteiger partial charge on any atom is 0.278 e. The molecule has 0 fully saturated rings. The van der Waals surface area contributed by atoms with Crippen LogP contribution in [0.2, 0.25) is 0 Å². The van der Waals surface area contributed by atoms with Crippen LogP contribution in [0, 0.1) is 12.7 Å². The highest BCUT2D eigenvalue weighted by Gasteiger charge is 2.27. The lowest BCUT2D eigenvalue weighted by molar-refractivity contribution is 0.00314. The van der Waals surface area contributed by atoms with Crippen molar-refractivity contribution < 1.29 is 13.7 Å². The van der Waals surface area contributed by atoms with E-state index in [1.807, 2.05) is 41.8 Å². The number of fused-ring (bicyclic) bond motifs is 1. The standard InChI is InChI=1S/C21H17FN4O2/c1-13-5-2-3-8-16(13)20-24-21(28-25-20)19-17-11-27-18(10-26(17)12-23-19)14-6-4-7-15(22)9-14/h2-9,12,18H,10-11H2,1H3/t18-/m1/s1. The molecule has 7 heteroatoms. The zero-order valence-corrected chi connectivity index (χ0v) is 15.2. The summed E-state index contributed by atoms with van der Waals surface area (Å²) in [5, 5.41) is 4.11. The number of aryl methyl sites for hydroxylation is 1. The fourth-order valence-electron chi connectivity index (χ4n) is 3.47. The predicted molar refractivity (Wildman–Crippen MR) is 99.6 cm³/mol. The van der Waals surface area contributed by atoms with Crippen molar-refractivity contribution in [3.05, 3.63) is 77.5 Å². The molecule has 2 aromatic carbocycles. The fraction of sp³-hybridized carbons (Fsp3) is 0.190. The van der Waals surface area contributed by atoms with Gasteiger partial charge in [0.1, 0.15) is 11.9 Å². The third-order valence-electron chi connectivity index (χ3n) is 4.97. The summed E-state index contributed by atoms with van der Waals surface area (Å²) in [5.74, 6) is 0.622. The maximum atomic E-state index is 13.5. The summed E-state index contributed by atoms with van der Waals surface area (Å²) in [6.07, 6.45) is 1.51. The molecule has 0 saturated carbocycles. The van der Waals surface area contributed by atoms with Gasteiger partial charge in [-0.15, -0.1) is 0 Å². The number of rotatable bonds is 3. The minimum atomic E-state index is -0.271. The van der Waals surface area contributed by atoms with Crippen LogP contribution in [0.4, 0.5) is 4.39 Å². The molecule has 0 saturated heterocycles. The summed E-state index contributed by atoms with van der Waals surface area (Å²) in [6, 6.07) is 14.4. The zero-order valence-electron chi connectivity index (χ0n) is 15.2. The van der Waals surface area contributed by atoms with Gasteiger partial charge in [0.2, 0.25) is 5.82 Å². The first-order valence-electron chi connectivity index (χ1n) is 9.00. The van der Waals surface area contributed by atoms with Gasteiger partial charge in [-0.1, -0.05) is 41.6 Å². The zero-order chi connectivity index (χ0) is 19.1. The van der Waals surface area contributed by atoms with Gasteiger partial charge in [-0.2, -0.15) is 4.98 Å². The van der Waals surface area contributed by atoms with Crippen LogP contribution in [0.3, 0.4) is 0 Å². The molecule has 0 aliphatic carbocycles. The lowest BCUT2D eigenvalue weighted by atomic mass is 10.1. The van der Waals surface area contributed by atoms with Crippen molar-refractivity contribution in [2.24, 2.45) is 0 Å². The van der Waals surface area contributed by atoms with E-state index in [1.54, 1.807) is 12.4 Å². The van der Waals surface area contributed by atoms with Crippen molar-refractivity contribution in [1.29, 1.82) is 0 Å². The van der Waals surface area contributed by atoms with Gasteiger partial charge in [0.25, 0.3) is 5.89 Å². The molecular formula is C21H17FN4O2. The third kappa shape index (κ3) is 2.90. The summed E-state index contributed by atoms with van der Waals surface area (Å²) in [4.78, 5) is 8.98. The number of hydrogen-bond acceptors (Lipinski definition) is 5. The van der Waals surface area contributed by atoms with E-state index in [1.165, 1.54) is 12.1 Å². The van der Waals surface area contributed by atoms with E-state index in [4.69, 9.17) is 9.26 Å². The molecular weight excluding hydrogens is 359 g/mol. The first-order chi connectivity index (χ1) is 13.7. The molecule has 0 N–H and O–H groups in total. The van der Waals surface area contributed by atoms with Crippen molar-refractivity contribution in [1.82, 2.24) is 19.7 Å². The topological polar surface area (TPSA) is 66.0 Å². The Kier molecular flexibility index (Phi) is 4.02. The van der Waals surface area contributed by atoms with Crippen LogP contribution in [-0.4, -0.2) is 19.7 Å². The average Bonchev–Trinajstić information content (AvgIpc) is 3.34. The Morgan fingerprint density at radius 2 is 2.04 bits per heavy atom. The Hall–Kier alpha value is -3.32. The molecule has 0 spiro atoms. The minimum Gasteiger partial charge on any atom is -0.365 e. The number of halogens is 1. The SMILES string of the molecule is Cc1ccccc1-c1noc(-c2ncn3c2CO[C@@H](c2cccc(F)c2)C3)n1. The Labute approximate surface area is 160 Å². The van der Waals surface area contributed by atoms with Gasteiger partial charge in [0.05, 0.1) is 25.2 Å². The molecule has 0 radical (unpaired) electrons. The second kappa shape index (κ2) is 6.69. The molecule has 0 bridgehead atoms. The monoisotopic (exact) mass is 376 g/mol. The Balaban J connectivity index is 1.44. The van der Waals surface area contributed by atoms with Gasteiger partial charge < -0.3 is 13.8 Å². The first-order valence-corrected chi connectivity index (χ1v) is 9.00. The summed E-state index contributed by atoms with van der Waals surface area (Å²) >= 11 is 0. The Bertz CT molecular complexity index is 1150. The van der Waals surface area contributed by atoms with Crippen LogP contribution in [-0.2, 0) is 17.9 Å². The number of ether oxygens (including phenoxy) is 1. The number of benzene rings is 2. The third-order valence-corrected chi connectivity index (χ3v) is 4.97. The minimum absolute atomic E-state index is 0.226. The molecule has 1 aliphatic rings. The summed E-state index contributed by atoms with van der Waals surface area (Å²) in [5.41, 5.74) is 4.29. The van der Waals surface area contributed by atoms with Gasteiger partial charge in [-0.05, 0) is 30.2 Å². The lowest BCUT2D eigenvalue weighted by Gasteiger charge is -2.25. The van der Waals surface area contributed by atoms with Crippen molar-refractivity contribution >= 4 is 0 Å². The predicted octanol–water partition coefficient (Wildman–Crippen LogP) is 4.32. The quantitative estimate of drug-likeness (QED) is 0.533. The molecule has 0 unspecified atom stereocenters. The second-order valence-corrected chi connectivity index (χ2v) is 6.78. The van der Waals surface area contributed by atoms with Crippen LogP contribution in [0.5, 0.6) is 0 Å². The van der Waals surface area contributed by atoms with E-state index in [-0.39, 0.29) is 11.9 Å². The van der Waals surface area contributed by atoms with Gasteiger partial charge in [-0.25, -0.2) is 9.37 Å². The largest absolute Gasteiger partial charge is 0.365 e. The van der Waals surface area contributed by atoms with Gasteiger partial charge in [0.15, 0.2) is 5.69 Å². The van der Waals surface area contributed by atoms with Crippen molar-refractivity contribution in [3.8, 4) is 23.0 Å². The van der Waals surface area contributed by atoms with Crippen LogP contribution < -0.4 is 0 Å². The molecule has 140 valence electrons. The first kappa shape index (κ1) is 16.8. The van der Waals surface area contributed by atoms with Gasteiger partial charge >= 0.3 is 0 Å². The fourth-order valence-corrected chi connectivity index (χ4v) is 3.47. The van der Waals surface area contributed by atoms with E-state index >= 15 is 0 Å². The normalized spacial score (nSPS) is 16.1. The maximum absolute atomic E-state index is 13.5. The van der Waals surface area contributed by atoms with E-state index in [0.717, 1.165) is 22.4 Å². The highest BCUT2D eigenvalue weighted by atomic mass is 19.1. The smallest absolute Gasteiger partial charge is 0.278 e. The molecule has 1 atom stereocenters. The van der Waals surface area contributed by atoms with Crippen LogP contribution in [0.25, 0.3) is 23.0 Å². The van der Waals surface area contributed by atoms with Crippen LogP contribution in [0.1, 0.15) is 22.9 Å². The number of nitrogens with zero attached hydrogens (tertiary/aromatic N) is 4. The van der Waals surface area contributed by atoms with Crippen molar-refractivity contribution in [2.45, 2.75) is 26.2 Å². The van der Waals surface area contributed by atoms with Gasteiger partial charge in [-0.3, -0.25) is 0 Å². The lowest BCUT2D eigenvalue weighted by Crippen LogP contribution is -2.20. The highest BCUT2D eigenvalue weighted by Crippen LogP contribution is 2.32. The summed E-state index contributed by atoms with van der Waals surface area (Å²) < 4.78 is 26.9. The molecule has 3 heterocycles. The molecule has 0 amide bonds. The van der Waals surface area contributed by atoms with E-state index in [0.29, 0.717) is 30.6 Å². The highest BCUT2D eigenvalue weighted by molar-refractivity contribution is 5.62. The second-order valence-electron chi connectivity index (χ2n) is 6.78. The Morgan fingerprint density at radius 1 is 1.14 bits per heavy atom. The molecule has 6 nitrogen and oxygen atoms in total. The number of imidazole rings is 1. The molecule has 1 aliphatic heterocycles. The van der Waals surface area contributed by atoms with Crippen molar-refractivity contribution in [3.63, 3.8) is 0 Å². The van der Waals surface area contributed by atoms with E-state index < -0.39 is 0 Å². The molecule has 4 aromatic rings. The number of aromatic nitrogens is 4. The Morgan fingerprint density at radius 3 is 2.89 bits per heavy atom. The molecule has 2 aromatic heterocycles. The average molecular weight is 376 g/mol. The van der Waals surface area contributed by atoms with Crippen LogP contribution in [0.15, 0.2) is 59.4 Å². The van der Waals surface area contributed by atoms with Crippen LogP contribution >= 0.6 is 0 Å². The number of hydrogen-bond donors (Lipinski definition) is 0. The van der Waals surface area contributed by atoms with Gasteiger partial charge in [0, 0.05) is 5.56 Å². The van der Waals surface area contributed by atoms with E-state index in [2.05, 4.69) is 15.1 Å².